The molecule has 3 fully saturated rings. The zero-order chi connectivity index (χ0) is 95.6. The highest BCUT2D eigenvalue weighted by atomic mass is 32.2. The van der Waals surface area contributed by atoms with E-state index in [0.29, 0.717) is 64.2 Å². The number of phenols is 1. The maximum Gasteiger partial charge on any atom is 0.246 e. The number of H-pyrrole nitrogens is 3. The lowest BCUT2D eigenvalue weighted by atomic mass is 10.00. The summed E-state index contributed by atoms with van der Waals surface area (Å²) in [7, 11) is 5.18. The van der Waals surface area contributed by atoms with Crippen molar-refractivity contribution in [2.24, 2.45) is 17.2 Å². The number of likely N-dealkylation sites (N-methyl/N-ethyl adjacent to an activating group) is 4. The Bertz CT molecular complexity index is 5130. The summed E-state index contributed by atoms with van der Waals surface area (Å²) < 4.78 is 0. The summed E-state index contributed by atoms with van der Waals surface area (Å²) in [5.74, 6) is -18.4. The number of carbonyl (C=O) groups excluding carboxylic acids is 18. The molecule has 21 N–H and O–H groups in total. The van der Waals surface area contributed by atoms with Crippen LogP contribution in [0, 0.1) is 0 Å². The number of nitrogens with two attached hydrogens (primary N) is 3. The van der Waals surface area contributed by atoms with E-state index in [1.165, 1.54) is 76.8 Å². The number of thioether (sulfide) groups is 1. The van der Waals surface area contributed by atoms with E-state index in [2.05, 4.69) is 67.8 Å². The van der Waals surface area contributed by atoms with Crippen LogP contribution in [0.5, 0.6) is 5.75 Å². The molecule has 18 amide bonds. The fraction of sp³-hybridized carbons (Fsp3) is 0.506. The predicted molar refractivity (Wildman–Crippen MR) is 475 cm³/mol. The standard InChI is InChI=1S/C87H118N22O21S/c1-8-10-21-67-86(129)104(4)42-73(116)97-65(76(119)94-40-72(90)115)44-131-45-74(117)96-61(31-48-24-26-52(111)27-25-48)82(125)105(5)47(3)75(118)101-63(36-71(89)114)85(128)108-30-16-23-66(108)80(123)100-60(34-51-39-91-46-95-51)78(121)98-58(28-29-70(88)113)84(127)109-41-53(112)35-69(109)81(124)99-59(32-49-37-92-56-19-14-12-17-54(49)56)77(120)103-64(43-110)79(122)102-62(33-50-38-93-57-20-15-13-18-55(50)57)83(126)106(6)68(22-11-9-2)87(130)107(67)7/h12-15,17-20,24-27,37-39,46-47,53,58-69,92-93,110-112H,8-11,16,21-23,28-36,40-45H2,1-7H3,(H2,88,113)(H2,89,114)(H2,90,115)(H,91,95)(H,94,119)(H,96,117)(H,97,116)(H,98,121)(H,99,124)(H,100,123)(H,101,118)(H,102,122)(H,103,120)/t47-,53+,58-,59-,60-,61-,62-,63+,64-,65-,66-,67-,68-,69-/m0/s1. The quantitative estimate of drug-likeness (QED) is 0.0291. The fourth-order valence-electron chi connectivity index (χ4n) is 16.1. The number of nitrogens with zero attached hydrogens (tertiary/aromatic N) is 7. The van der Waals surface area contributed by atoms with Crippen molar-refractivity contribution in [2.75, 3.05) is 72.5 Å². The molecule has 6 aromatic rings. The average molecular weight is 1840 g/mol. The normalized spacial score (nSPS) is 24.6. The number of unbranched alkanes of at least 4 members (excludes halogenated alkanes) is 2. The van der Waals surface area contributed by atoms with Gasteiger partial charge in [-0.2, -0.15) is 0 Å². The fourth-order valence-corrected chi connectivity index (χ4v) is 16.9. The second-order valence-corrected chi connectivity index (χ2v) is 34.1. The molecule has 44 heteroatoms. The molecule has 0 bridgehead atoms. The summed E-state index contributed by atoms with van der Waals surface area (Å²) >= 11 is 0.777. The highest BCUT2D eigenvalue weighted by Gasteiger charge is 2.47. The summed E-state index contributed by atoms with van der Waals surface area (Å²) in [6.07, 6.45) is 2.55. The van der Waals surface area contributed by atoms with Gasteiger partial charge in [-0.1, -0.05) is 88.1 Å². The monoisotopic (exact) mass is 1840 g/mol. The van der Waals surface area contributed by atoms with Crippen LogP contribution in [0.2, 0.25) is 0 Å². The van der Waals surface area contributed by atoms with Gasteiger partial charge in [-0.3, -0.25) is 86.3 Å². The Morgan fingerprint density at radius 2 is 1.07 bits per heavy atom. The van der Waals surface area contributed by atoms with Gasteiger partial charge in [-0.05, 0) is 80.0 Å². The molecule has 3 aliphatic heterocycles. The van der Waals surface area contributed by atoms with Gasteiger partial charge in [0.25, 0.3) is 0 Å². The van der Waals surface area contributed by atoms with Crippen LogP contribution in [0.4, 0.5) is 0 Å². The van der Waals surface area contributed by atoms with Gasteiger partial charge in [-0.15, -0.1) is 11.8 Å². The third-order valence-corrected chi connectivity index (χ3v) is 24.5. The first-order chi connectivity index (χ1) is 62.4. The first kappa shape index (κ1) is 101. The van der Waals surface area contributed by atoms with Crippen molar-refractivity contribution in [1.82, 2.24) is 97.2 Å². The van der Waals surface area contributed by atoms with E-state index >= 15 is 33.6 Å². The third-order valence-electron chi connectivity index (χ3n) is 23.4. The largest absolute Gasteiger partial charge is 0.508 e. The second-order valence-electron chi connectivity index (χ2n) is 33.0. The molecule has 43 nitrogen and oxygen atoms in total. The molecule has 708 valence electrons. The highest BCUT2D eigenvalue weighted by molar-refractivity contribution is 8.00. The summed E-state index contributed by atoms with van der Waals surface area (Å²) in [4.78, 5) is 280. The molecule has 3 aromatic carbocycles. The molecule has 0 aliphatic carbocycles. The number of aromatic amines is 3. The van der Waals surface area contributed by atoms with Crippen molar-refractivity contribution in [3.05, 3.63) is 120 Å². The van der Waals surface area contributed by atoms with Gasteiger partial charge < -0.3 is 125 Å². The minimum absolute atomic E-state index is 0.00858. The number of benzene rings is 3. The minimum Gasteiger partial charge on any atom is -0.508 e. The number of hydrogen-bond acceptors (Lipinski definition) is 23. The Morgan fingerprint density at radius 1 is 0.534 bits per heavy atom. The molecule has 14 atom stereocenters. The van der Waals surface area contributed by atoms with Crippen LogP contribution in [0.15, 0.2) is 97.7 Å². The third kappa shape index (κ3) is 27.5. The number of rotatable bonds is 23. The molecule has 3 aromatic heterocycles. The molecule has 0 unspecified atom stereocenters. The second kappa shape index (κ2) is 47.7. The molecular weight excluding hydrogens is 1720 g/mol. The number of para-hydroxylation sites is 2. The number of phenolic OH excluding ortho intramolecular Hbond substituents is 1. The number of hydrogen-bond donors (Lipinski definition) is 18. The number of aromatic hydroxyl groups is 1. The molecule has 0 spiro atoms. The zero-order valence-corrected chi connectivity index (χ0v) is 74.9. The maximum absolute atomic E-state index is 15.6. The molecule has 6 heterocycles. The number of aliphatic hydroxyl groups is 2. The van der Waals surface area contributed by atoms with E-state index < -0.39 is 261 Å². The number of carbonyl (C=O) groups is 18. The van der Waals surface area contributed by atoms with Crippen molar-refractivity contribution in [1.29, 1.82) is 0 Å². The van der Waals surface area contributed by atoms with E-state index in [1.54, 1.807) is 60.9 Å². The first-order valence-corrected chi connectivity index (χ1v) is 44.5. The number of imidazole rings is 1. The van der Waals surface area contributed by atoms with E-state index in [9.17, 15) is 68.1 Å². The number of aromatic nitrogens is 4. The maximum atomic E-state index is 15.6. The predicted octanol–water partition coefficient (Wildman–Crippen LogP) is -4.00. The van der Waals surface area contributed by atoms with Crippen LogP contribution in [0.25, 0.3) is 21.8 Å². The van der Waals surface area contributed by atoms with Gasteiger partial charge in [0.1, 0.15) is 84.3 Å². The van der Waals surface area contributed by atoms with Gasteiger partial charge in [0.15, 0.2) is 0 Å². The van der Waals surface area contributed by atoms with Crippen molar-refractivity contribution in [3.8, 4) is 5.75 Å². The number of nitrogens with one attached hydrogen (secondary N) is 12. The number of primary amides is 3. The smallest absolute Gasteiger partial charge is 0.246 e. The van der Waals surface area contributed by atoms with Crippen LogP contribution >= 0.6 is 11.8 Å². The van der Waals surface area contributed by atoms with Gasteiger partial charge >= 0.3 is 0 Å². The summed E-state index contributed by atoms with van der Waals surface area (Å²) in [6.45, 7) is 1.66. The average Bonchev–Trinajstić information content (AvgIpc) is 1.76. The van der Waals surface area contributed by atoms with Crippen LogP contribution in [-0.2, 0) is 112 Å². The van der Waals surface area contributed by atoms with Crippen LogP contribution in [0.3, 0.4) is 0 Å². The van der Waals surface area contributed by atoms with E-state index in [0.717, 1.165) is 36.3 Å². The topological polar surface area (TPSA) is 634 Å². The lowest BCUT2D eigenvalue weighted by Crippen LogP contribution is -2.61. The Hall–Kier alpha value is -13.5. The molecule has 9 rings (SSSR count). The lowest BCUT2D eigenvalue weighted by Gasteiger charge is -2.37. The number of amides is 18. The molecule has 3 saturated heterocycles. The Balaban J connectivity index is 1.08. The Kier molecular flexibility index (Phi) is 36.9. The van der Waals surface area contributed by atoms with Gasteiger partial charge in [0.2, 0.25) is 106 Å². The Labute approximate surface area is 758 Å². The van der Waals surface area contributed by atoms with Crippen LogP contribution in [-0.4, -0.2) is 328 Å². The lowest BCUT2D eigenvalue weighted by molar-refractivity contribution is -0.151. The first-order valence-electron chi connectivity index (χ1n) is 43.3. The van der Waals surface area contributed by atoms with Gasteiger partial charge in [0, 0.05) is 126 Å². The molecule has 131 heavy (non-hydrogen) atoms. The number of fused-ring (bicyclic) bond motifs is 4. The molecular formula is C87H118N22O21S. The summed E-state index contributed by atoms with van der Waals surface area (Å²) in [6, 6.07) is -1.26. The Morgan fingerprint density at radius 3 is 1.66 bits per heavy atom. The van der Waals surface area contributed by atoms with E-state index in [1.807, 2.05) is 13.8 Å². The zero-order valence-electron chi connectivity index (χ0n) is 74.0. The van der Waals surface area contributed by atoms with Crippen LogP contribution < -0.4 is 65.1 Å². The summed E-state index contributed by atoms with van der Waals surface area (Å²) in [5, 5.41) is 57.2. The van der Waals surface area contributed by atoms with E-state index in [-0.39, 0.29) is 62.9 Å². The SMILES string of the molecule is CCCC[C@H]1C(=O)N(C)[C@@H](CCCC)C(=O)N(C)CC(=O)N[C@H](C(=O)NCC(N)=O)CSCC(=O)N[C@@H](Cc2ccc(O)cc2)C(=O)N(C)[C@@H](C)C(=O)N[C@H](CC(N)=O)C(=O)N2CCC[C@H]2C(=O)N[C@@H](Cc2c[nH]cn2)C(=O)N[C@@H](CCC(N)=O)C(=O)N2C[C@H](O)C[C@H]2C(=O)N[C@@H](Cc2c[nH]c3ccccc23)C(=O)N[C@@H](CO)C(=O)N[C@@H](Cc2c[nH]c3ccccc23)C(=O)N1C. The highest BCUT2D eigenvalue weighted by Crippen LogP contribution is 2.28. The van der Waals surface area contributed by atoms with Gasteiger partial charge in [0.05, 0.1) is 50.0 Å². The number of aliphatic hydroxyl groups excluding tert-OH is 2. The molecule has 0 saturated carbocycles. The van der Waals surface area contributed by atoms with Crippen molar-refractivity contribution >= 4 is 140 Å². The minimum atomic E-state index is -1.91. The van der Waals surface area contributed by atoms with Crippen molar-refractivity contribution in [3.63, 3.8) is 0 Å². The van der Waals surface area contributed by atoms with Crippen molar-refractivity contribution < 1.29 is 102 Å². The van der Waals surface area contributed by atoms with Crippen molar-refractivity contribution in [2.45, 2.75) is 208 Å². The molecule has 0 radical (unpaired) electrons. The summed E-state index contributed by atoms with van der Waals surface area (Å²) in [5.41, 5.74) is 19.5. The van der Waals surface area contributed by atoms with Gasteiger partial charge in [-0.25, -0.2) is 4.98 Å². The van der Waals surface area contributed by atoms with E-state index in [4.69, 9.17) is 17.2 Å². The molecule has 3 aliphatic rings. The van der Waals surface area contributed by atoms with Crippen LogP contribution in [0.1, 0.15) is 120 Å².